The van der Waals surface area contributed by atoms with E-state index in [-0.39, 0.29) is 24.3 Å². The number of hydrogen-bond acceptors (Lipinski definition) is 2. The van der Waals surface area contributed by atoms with E-state index in [2.05, 4.69) is 5.32 Å². The number of aliphatic hydroxyl groups is 1. The second-order valence-corrected chi connectivity index (χ2v) is 6.31. The lowest BCUT2D eigenvalue weighted by atomic mass is 10.0. The van der Waals surface area contributed by atoms with Crippen molar-refractivity contribution in [2.45, 2.75) is 37.5 Å². The molecule has 0 bridgehead atoms. The second-order valence-electron chi connectivity index (χ2n) is 5.88. The summed E-state index contributed by atoms with van der Waals surface area (Å²) >= 11 is 5.89. The third-order valence-corrected chi connectivity index (χ3v) is 4.49. The normalized spacial score (nSPS) is 21.7. The van der Waals surface area contributed by atoms with Gasteiger partial charge in [0, 0.05) is 17.1 Å². The first kappa shape index (κ1) is 18.2. The summed E-state index contributed by atoms with van der Waals surface area (Å²) in [6.07, 6.45) is 2.12. The van der Waals surface area contributed by atoms with E-state index in [1.54, 1.807) is 12.1 Å². The number of aliphatic hydroxyl groups excluding tert-OH is 1. The third-order valence-electron chi connectivity index (χ3n) is 4.24. The van der Waals surface area contributed by atoms with E-state index < -0.39 is 6.10 Å². The minimum atomic E-state index is -0.675. The lowest BCUT2D eigenvalue weighted by Gasteiger charge is -2.20. The molecule has 1 saturated heterocycles. The molecular formula is C18H20Cl2FNO. The standard InChI is InChI=1S/C18H19ClFNO.ClH/c19-14-6-4-12(5-7-14)10-16-8-9-17(21-16)18(22)13-2-1-3-15(20)11-13;/h1-7,11,16-18,21-22H,8-10H2;1H/t16-,17+,18+;/m0./s1. The van der Waals surface area contributed by atoms with Crippen LogP contribution in [0.25, 0.3) is 0 Å². The summed E-state index contributed by atoms with van der Waals surface area (Å²) in [6.45, 7) is 0. The minimum Gasteiger partial charge on any atom is -0.387 e. The van der Waals surface area contributed by atoms with Crippen molar-refractivity contribution >= 4 is 24.0 Å². The second kappa shape index (κ2) is 8.11. The van der Waals surface area contributed by atoms with Crippen LogP contribution < -0.4 is 5.32 Å². The fourth-order valence-electron chi connectivity index (χ4n) is 3.09. The Morgan fingerprint density at radius 2 is 1.91 bits per heavy atom. The number of nitrogens with one attached hydrogen (secondary N) is 1. The lowest BCUT2D eigenvalue weighted by molar-refractivity contribution is 0.135. The Hall–Kier alpha value is -1.13. The number of rotatable bonds is 4. The summed E-state index contributed by atoms with van der Waals surface area (Å²) in [5.74, 6) is -0.313. The van der Waals surface area contributed by atoms with Crippen LogP contribution in [0.5, 0.6) is 0 Å². The Morgan fingerprint density at radius 3 is 2.61 bits per heavy atom. The first-order valence-electron chi connectivity index (χ1n) is 7.56. The van der Waals surface area contributed by atoms with E-state index in [1.807, 2.05) is 24.3 Å². The smallest absolute Gasteiger partial charge is 0.123 e. The fourth-order valence-corrected chi connectivity index (χ4v) is 3.21. The van der Waals surface area contributed by atoms with Crippen LogP contribution >= 0.6 is 24.0 Å². The molecule has 1 fully saturated rings. The van der Waals surface area contributed by atoms with Gasteiger partial charge in [-0.15, -0.1) is 12.4 Å². The van der Waals surface area contributed by atoms with Crippen molar-refractivity contribution in [1.82, 2.24) is 5.32 Å². The Kier molecular flexibility index (Phi) is 6.42. The molecular weight excluding hydrogens is 336 g/mol. The summed E-state index contributed by atoms with van der Waals surface area (Å²) in [6, 6.07) is 14.3. The predicted molar refractivity (Wildman–Crippen MR) is 93.7 cm³/mol. The van der Waals surface area contributed by atoms with Crippen molar-refractivity contribution in [3.63, 3.8) is 0 Å². The first-order chi connectivity index (χ1) is 10.6. The molecule has 0 aliphatic carbocycles. The Bertz CT molecular complexity index is 635. The van der Waals surface area contributed by atoms with Gasteiger partial charge in [-0.2, -0.15) is 0 Å². The van der Waals surface area contributed by atoms with Gasteiger partial charge in [0.1, 0.15) is 5.82 Å². The molecule has 1 aliphatic rings. The van der Waals surface area contributed by atoms with Gasteiger partial charge in [-0.05, 0) is 54.7 Å². The Morgan fingerprint density at radius 1 is 1.17 bits per heavy atom. The van der Waals surface area contributed by atoms with Crippen LogP contribution in [0.15, 0.2) is 48.5 Å². The average Bonchev–Trinajstić information content (AvgIpc) is 2.97. The van der Waals surface area contributed by atoms with Crippen molar-refractivity contribution in [2.24, 2.45) is 0 Å². The molecule has 0 spiro atoms. The van der Waals surface area contributed by atoms with Gasteiger partial charge >= 0.3 is 0 Å². The summed E-state index contributed by atoms with van der Waals surface area (Å²) in [7, 11) is 0. The molecule has 2 aromatic carbocycles. The van der Waals surface area contributed by atoms with Gasteiger partial charge < -0.3 is 10.4 Å². The van der Waals surface area contributed by atoms with E-state index in [0.717, 1.165) is 24.3 Å². The monoisotopic (exact) mass is 355 g/mol. The van der Waals surface area contributed by atoms with Crippen LogP contribution in [-0.2, 0) is 6.42 Å². The lowest BCUT2D eigenvalue weighted by Crippen LogP contribution is -2.35. The zero-order valence-electron chi connectivity index (χ0n) is 12.6. The van der Waals surface area contributed by atoms with Crippen LogP contribution in [0, 0.1) is 5.82 Å². The van der Waals surface area contributed by atoms with E-state index in [4.69, 9.17) is 11.6 Å². The highest BCUT2D eigenvalue weighted by atomic mass is 35.5. The molecule has 3 atom stereocenters. The molecule has 2 N–H and O–H groups in total. The summed E-state index contributed by atoms with van der Waals surface area (Å²) in [5, 5.41) is 14.6. The van der Waals surface area contributed by atoms with Crippen LogP contribution in [0.4, 0.5) is 4.39 Å². The van der Waals surface area contributed by atoms with Crippen molar-refractivity contribution in [3.05, 3.63) is 70.5 Å². The zero-order chi connectivity index (χ0) is 15.5. The zero-order valence-corrected chi connectivity index (χ0v) is 14.2. The summed E-state index contributed by atoms with van der Waals surface area (Å²) in [5.41, 5.74) is 1.85. The highest BCUT2D eigenvalue weighted by Gasteiger charge is 2.30. The predicted octanol–water partition coefficient (Wildman–Crippen LogP) is 4.30. The van der Waals surface area contributed by atoms with Crippen molar-refractivity contribution < 1.29 is 9.50 Å². The van der Waals surface area contributed by atoms with Gasteiger partial charge in [0.2, 0.25) is 0 Å². The molecule has 0 saturated carbocycles. The molecule has 2 nitrogen and oxygen atoms in total. The van der Waals surface area contributed by atoms with Crippen LogP contribution in [0.2, 0.25) is 5.02 Å². The molecule has 5 heteroatoms. The van der Waals surface area contributed by atoms with Crippen LogP contribution in [0.3, 0.4) is 0 Å². The Labute approximate surface area is 147 Å². The maximum absolute atomic E-state index is 13.3. The summed E-state index contributed by atoms with van der Waals surface area (Å²) in [4.78, 5) is 0. The number of hydrogen-bond donors (Lipinski definition) is 2. The third kappa shape index (κ3) is 4.67. The average molecular weight is 356 g/mol. The van der Waals surface area contributed by atoms with Crippen LogP contribution in [0.1, 0.15) is 30.1 Å². The number of benzene rings is 2. The SMILES string of the molecule is Cl.O[C@H](c1cccc(F)c1)[C@H]1CC[C@@H](Cc2ccc(Cl)cc2)N1. The topological polar surface area (TPSA) is 32.3 Å². The molecule has 0 amide bonds. The maximum atomic E-state index is 13.3. The van der Waals surface area contributed by atoms with E-state index >= 15 is 0 Å². The largest absolute Gasteiger partial charge is 0.387 e. The molecule has 1 heterocycles. The molecule has 0 unspecified atom stereocenters. The van der Waals surface area contributed by atoms with E-state index in [0.29, 0.717) is 11.6 Å². The molecule has 124 valence electrons. The molecule has 3 rings (SSSR count). The highest BCUT2D eigenvalue weighted by molar-refractivity contribution is 6.30. The van der Waals surface area contributed by atoms with Crippen molar-refractivity contribution in [1.29, 1.82) is 0 Å². The Balaban J connectivity index is 0.00000192. The molecule has 1 aliphatic heterocycles. The van der Waals surface area contributed by atoms with E-state index in [1.165, 1.54) is 17.7 Å². The maximum Gasteiger partial charge on any atom is 0.123 e. The molecule has 2 aromatic rings. The highest BCUT2D eigenvalue weighted by Crippen LogP contribution is 2.27. The van der Waals surface area contributed by atoms with Crippen molar-refractivity contribution in [3.8, 4) is 0 Å². The molecule has 0 aromatic heterocycles. The summed E-state index contributed by atoms with van der Waals surface area (Å²) < 4.78 is 13.3. The first-order valence-corrected chi connectivity index (χ1v) is 7.93. The van der Waals surface area contributed by atoms with Gasteiger partial charge in [-0.1, -0.05) is 35.9 Å². The van der Waals surface area contributed by atoms with Gasteiger partial charge in [0.05, 0.1) is 6.10 Å². The van der Waals surface area contributed by atoms with E-state index in [9.17, 15) is 9.50 Å². The quantitative estimate of drug-likeness (QED) is 0.856. The van der Waals surface area contributed by atoms with Gasteiger partial charge in [0.15, 0.2) is 0 Å². The fraction of sp³-hybridized carbons (Fsp3) is 0.333. The van der Waals surface area contributed by atoms with Gasteiger partial charge in [-0.25, -0.2) is 4.39 Å². The number of halogens is 3. The van der Waals surface area contributed by atoms with Crippen LogP contribution in [-0.4, -0.2) is 17.2 Å². The minimum absolute atomic E-state index is 0. The van der Waals surface area contributed by atoms with Crippen molar-refractivity contribution in [2.75, 3.05) is 0 Å². The van der Waals surface area contributed by atoms with Gasteiger partial charge in [0.25, 0.3) is 0 Å². The van der Waals surface area contributed by atoms with Gasteiger partial charge in [-0.3, -0.25) is 0 Å². The molecule has 0 radical (unpaired) electrons. The molecule has 23 heavy (non-hydrogen) atoms.